The van der Waals surface area contributed by atoms with Gasteiger partial charge in [-0.3, -0.25) is 4.79 Å². The molecule has 0 aliphatic carbocycles. The number of rotatable bonds is 7. The van der Waals surface area contributed by atoms with Crippen molar-refractivity contribution in [3.05, 3.63) is 94.2 Å². The number of ether oxygens (including phenoxy) is 1. The normalized spacial score (nSPS) is 12.0. The van der Waals surface area contributed by atoms with Crippen LogP contribution in [0.1, 0.15) is 46.1 Å². The van der Waals surface area contributed by atoms with Crippen molar-refractivity contribution in [3.8, 4) is 11.4 Å². The maximum absolute atomic E-state index is 14.3. The van der Waals surface area contributed by atoms with Crippen molar-refractivity contribution >= 4 is 28.4 Å². The van der Waals surface area contributed by atoms with Crippen LogP contribution in [0.5, 0.6) is 5.75 Å². The van der Waals surface area contributed by atoms with Crippen LogP contribution in [0, 0.1) is 19.7 Å². The Morgan fingerprint density at radius 3 is 2.81 bits per heavy atom. The van der Waals surface area contributed by atoms with Crippen LogP contribution in [-0.4, -0.2) is 30.8 Å². The molecule has 0 spiro atoms. The minimum atomic E-state index is -0.592. The zero-order chi connectivity index (χ0) is 26.1. The number of para-hydroxylation sites is 1. The minimum absolute atomic E-state index is 0.0189. The highest BCUT2D eigenvalue weighted by Crippen LogP contribution is 2.32. The Morgan fingerprint density at radius 2 is 2.08 bits per heavy atom. The van der Waals surface area contributed by atoms with E-state index in [-0.39, 0.29) is 17.3 Å². The van der Waals surface area contributed by atoms with Gasteiger partial charge in [0.15, 0.2) is 5.69 Å². The lowest BCUT2D eigenvalue weighted by molar-refractivity contribution is 0.0930. The Labute approximate surface area is 216 Å². The van der Waals surface area contributed by atoms with Crippen molar-refractivity contribution in [1.82, 2.24) is 30.2 Å². The summed E-state index contributed by atoms with van der Waals surface area (Å²) in [6.07, 6.45) is 2.80. The van der Waals surface area contributed by atoms with Gasteiger partial charge >= 0.3 is 0 Å². The van der Waals surface area contributed by atoms with E-state index in [1.165, 1.54) is 30.8 Å². The van der Waals surface area contributed by atoms with E-state index in [1.807, 2.05) is 32.0 Å². The number of hydrogen-bond donors (Lipinski definition) is 1. The highest BCUT2D eigenvalue weighted by Gasteiger charge is 2.20. The number of pyridine rings is 1. The zero-order valence-corrected chi connectivity index (χ0v) is 21.0. The van der Waals surface area contributed by atoms with Gasteiger partial charge in [-0.25, -0.2) is 19.0 Å². The average molecular weight is 521 g/mol. The number of nitrogens with zero attached hydrogens (tertiary/aromatic N) is 5. The molecule has 1 N–H and O–H groups in total. The van der Waals surface area contributed by atoms with Gasteiger partial charge in [0.05, 0.1) is 16.8 Å². The maximum atomic E-state index is 14.3. The molecule has 0 unspecified atom stereocenters. The van der Waals surface area contributed by atoms with Crippen LogP contribution < -0.4 is 10.1 Å². The molecule has 188 valence electrons. The lowest BCUT2D eigenvalue weighted by atomic mass is 10.0. The molecule has 0 aliphatic heterocycles. The number of fused-ring (bicyclic) bond motifs is 1. The molecule has 0 bridgehead atoms. The van der Waals surface area contributed by atoms with Crippen molar-refractivity contribution < 1.29 is 18.4 Å². The molecule has 0 saturated carbocycles. The van der Waals surface area contributed by atoms with Crippen LogP contribution in [0.15, 0.2) is 59.6 Å². The Kier molecular flexibility index (Phi) is 6.58. The smallest absolute Gasteiger partial charge is 0.273 e. The SMILES string of the molecule is Cc1cc(-n2ncnc2C)c2cccc(OCc3c(Cl)cc(F)cc3[C@H](C)NC(=O)c3ccon3)c2n1. The summed E-state index contributed by atoms with van der Waals surface area (Å²) >= 11 is 6.44. The number of aromatic nitrogens is 5. The number of carbonyl (C=O) groups is 1. The molecule has 1 amide bonds. The van der Waals surface area contributed by atoms with Gasteiger partial charge in [0.1, 0.15) is 42.1 Å². The average Bonchev–Trinajstić information content (AvgIpc) is 3.55. The summed E-state index contributed by atoms with van der Waals surface area (Å²) in [5, 5.41) is 11.8. The second-order valence-electron chi connectivity index (χ2n) is 8.48. The molecule has 5 rings (SSSR count). The number of halogens is 2. The predicted molar refractivity (Wildman–Crippen MR) is 134 cm³/mol. The molecule has 37 heavy (non-hydrogen) atoms. The first-order chi connectivity index (χ1) is 17.8. The summed E-state index contributed by atoms with van der Waals surface area (Å²) in [4.78, 5) is 21.4. The summed E-state index contributed by atoms with van der Waals surface area (Å²) in [6.45, 7) is 5.50. The molecule has 0 saturated heterocycles. The van der Waals surface area contributed by atoms with Crippen molar-refractivity contribution in [3.63, 3.8) is 0 Å². The van der Waals surface area contributed by atoms with Gasteiger partial charge < -0.3 is 14.6 Å². The predicted octanol–water partition coefficient (Wildman–Crippen LogP) is 5.28. The maximum Gasteiger partial charge on any atom is 0.273 e. The molecule has 0 radical (unpaired) electrons. The van der Waals surface area contributed by atoms with Crippen molar-refractivity contribution in [2.75, 3.05) is 0 Å². The van der Waals surface area contributed by atoms with E-state index in [1.54, 1.807) is 17.7 Å². The topological polar surface area (TPSA) is 108 Å². The third kappa shape index (κ3) is 4.88. The first-order valence-electron chi connectivity index (χ1n) is 11.4. The number of carbonyl (C=O) groups excluding carboxylic acids is 1. The Hall–Kier alpha value is -4.31. The van der Waals surface area contributed by atoms with Crippen LogP contribution in [0.3, 0.4) is 0 Å². The molecule has 0 fully saturated rings. The molecule has 1 atom stereocenters. The lowest BCUT2D eigenvalue weighted by Crippen LogP contribution is -2.28. The summed E-state index contributed by atoms with van der Waals surface area (Å²) in [5.74, 6) is 0.271. The van der Waals surface area contributed by atoms with Crippen molar-refractivity contribution in [2.24, 2.45) is 0 Å². The van der Waals surface area contributed by atoms with Gasteiger partial charge in [-0.1, -0.05) is 28.9 Å². The van der Waals surface area contributed by atoms with E-state index in [0.717, 1.165) is 22.6 Å². The monoisotopic (exact) mass is 520 g/mol. The van der Waals surface area contributed by atoms with E-state index < -0.39 is 17.8 Å². The fraction of sp³-hybridized carbons (Fsp3) is 0.192. The minimum Gasteiger partial charge on any atom is -0.487 e. The molecule has 3 aromatic heterocycles. The highest BCUT2D eigenvalue weighted by molar-refractivity contribution is 6.31. The standard InChI is InChI=1S/C26H22ClFN6O3/c1-14-9-23(34-16(3)29-13-30-34)18-5-4-6-24(25(18)31-14)36-12-20-19(10-17(28)11-21(20)27)15(2)32-26(35)22-7-8-37-33-22/h4-11,13,15H,12H2,1-3H3,(H,32,35)/t15-/m0/s1. The van der Waals surface area contributed by atoms with Crippen LogP contribution in [-0.2, 0) is 6.61 Å². The summed E-state index contributed by atoms with van der Waals surface area (Å²) < 4.78 is 27.0. The summed E-state index contributed by atoms with van der Waals surface area (Å²) in [5.41, 5.74) is 3.37. The van der Waals surface area contributed by atoms with Crippen molar-refractivity contribution in [1.29, 1.82) is 0 Å². The number of amides is 1. The van der Waals surface area contributed by atoms with Gasteiger partial charge in [-0.05, 0) is 50.6 Å². The number of benzene rings is 2. The fourth-order valence-corrected chi connectivity index (χ4v) is 4.41. The first kappa shape index (κ1) is 24.4. The first-order valence-corrected chi connectivity index (χ1v) is 11.8. The molecule has 3 heterocycles. The van der Waals surface area contributed by atoms with E-state index in [2.05, 4.69) is 20.6 Å². The summed E-state index contributed by atoms with van der Waals surface area (Å²) in [7, 11) is 0. The van der Waals surface area contributed by atoms with E-state index in [9.17, 15) is 9.18 Å². The Bertz CT molecular complexity index is 1600. The van der Waals surface area contributed by atoms with E-state index in [0.29, 0.717) is 22.4 Å². The quantitative estimate of drug-likeness (QED) is 0.311. The molecular weight excluding hydrogens is 499 g/mol. The second-order valence-corrected chi connectivity index (χ2v) is 8.89. The molecule has 5 aromatic rings. The van der Waals surface area contributed by atoms with Gasteiger partial charge in [0.25, 0.3) is 5.91 Å². The van der Waals surface area contributed by atoms with Gasteiger partial charge in [0, 0.05) is 22.7 Å². The number of nitrogens with one attached hydrogen (secondary N) is 1. The Balaban J connectivity index is 1.48. The van der Waals surface area contributed by atoms with Crippen LogP contribution >= 0.6 is 11.6 Å². The zero-order valence-electron chi connectivity index (χ0n) is 20.2. The molecule has 9 nitrogen and oxygen atoms in total. The van der Waals surface area contributed by atoms with Crippen LogP contribution in [0.2, 0.25) is 5.02 Å². The number of hydrogen-bond acceptors (Lipinski definition) is 7. The largest absolute Gasteiger partial charge is 0.487 e. The van der Waals surface area contributed by atoms with Crippen molar-refractivity contribution in [2.45, 2.75) is 33.4 Å². The molecular formula is C26H22ClFN6O3. The summed E-state index contributed by atoms with van der Waals surface area (Å²) in [6, 6.07) is 10.9. The molecule has 2 aromatic carbocycles. The van der Waals surface area contributed by atoms with E-state index in [4.69, 9.17) is 25.8 Å². The second kappa shape index (κ2) is 9.98. The molecule has 0 aliphatic rings. The molecule has 11 heteroatoms. The van der Waals surface area contributed by atoms with E-state index >= 15 is 0 Å². The van der Waals surface area contributed by atoms with Crippen LogP contribution in [0.25, 0.3) is 16.6 Å². The lowest BCUT2D eigenvalue weighted by Gasteiger charge is -2.20. The van der Waals surface area contributed by atoms with Gasteiger partial charge in [-0.15, -0.1) is 0 Å². The fourth-order valence-electron chi connectivity index (χ4n) is 4.15. The van der Waals surface area contributed by atoms with Gasteiger partial charge in [0.2, 0.25) is 0 Å². The third-order valence-corrected chi connectivity index (χ3v) is 6.24. The van der Waals surface area contributed by atoms with Crippen LogP contribution in [0.4, 0.5) is 4.39 Å². The highest BCUT2D eigenvalue weighted by atomic mass is 35.5. The van der Waals surface area contributed by atoms with Gasteiger partial charge in [-0.2, -0.15) is 5.10 Å². The number of aryl methyl sites for hydroxylation is 2. The Morgan fingerprint density at radius 1 is 1.24 bits per heavy atom. The third-order valence-electron chi connectivity index (χ3n) is 5.91.